The molecule has 0 aliphatic rings. The molecule has 0 aliphatic carbocycles. The summed E-state index contributed by atoms with van der Waals surface area (Å²) in [4.78, 5) is 11.5. The summed E-state index contributed by atoms with van der Waals surface area (Å²) in [6.45, 7) is 1.47. The summed E-state index contributed by atoms with van der Waals surface area (Å²) in [5.74, 6) is -0.201. The number of hydrogen-bond donors (Lipinski definition) is 4. The molecule has 1 aromatic carbocycles. The van der Waals surface area contributed by atoms with Crippen molar-refractivity contribution in [1.82, 2.24) is 5.32 Å². The standard InChI is InChI=1S/C11H13F3N4O2/c1-6(9(15)18-20)16-10(19)17-8-4-2-7(3-5-8)11(12,13)14/h2-6,20H,1H3,(H2,15,18)(H2,16,17,19). The first-order chi connectivity index (χ1) is 9.24. The number of benzene rings is 1. The van der Waals surface area contributed by atoms with Gasteiger partial charge < -0.3 is 21.6 Å². The summed E-state index contributed by atoms with van der Waals surface area (Å²) in [6, 6.07) is 2.52. The predicted molar refractivity (Wildman–Crippen MR) is 66.5 cm³/mol. The molecule has 20 heavy (non-hydrogen) atoms. The molecule has 1 atom stereocenters. The van der Waals surface area contributed by atoms with Crippen LogP contribution in [-0.2, 0) is 6.18 Å². The molecule has 5 N–H and O–H groups in total. The molecule has 0 bridgehead atoms. The fourth-order valence-corrected chi connectivity index (χ4v) is 1.27. The number of nitrogens with one attached hydrogen (secondary N) is 2. The number of hydrogen-bond acceptors (Lipinski definition) is 3. The lowest BCUT2D eigenvalue weighted by molar-refractivity contribution is -0.137. The van der Waals surface area contributed by atoms with Crippen LogP contribution in [0.25, 0.3) is 0 Å². The summed E-state index contributed by atoms with van der Waals surface area (Å²) in [7, 11) is 0. The number of amides is 2. The van der Waals surface area contributed by atoms with Crippen LogP contribution >= 0.6 is 0 Å². The molecule has 1 rings (SSSR count). The number of amidine groups is 1. The molecule has 0 saturated heterocycles. The van der Waals surface area contributed by atoms with Gasteiger partial charge >= 0.3 is 12.2 Å². The number of nitrogens with zero attached hydrogens (tertiary/aromatic N) is 1. The Bertz CT molecular complexity index is 499. The number of oxime groups is 1. The normalized spacial score (nSPS) is 13.7. The minimum atomic E-state index is -4.43. The third-order valence-corrected chi connectivity index (χ3v) is 2.38. The monoisotopic (exact) mass is 290 g/mol. The van der Waals surface area contributed by atoms with Crippen LogP contribution in [0.3, 0.4) is 0 Å². The van der Waals surface area contributed by atoms with Gasteiger partial charge in [-0.1, -0.05) is 5.16 Å². The highest BCUT2D eigenvalue weighted by molar-refractivity contribution is 5.94. The average molecular weight is 290 g/mol. The van der Waals surface area contributed by atoms with Crippen LogP contribution in [-0.4, -0.2) is 23.1 Å². The van der Waals surface area contributed by atoms with E-state index in [-0.39, 0.29) is 11.5 Å². The van der Waals surface area contributed by atoms with Crippen molar-refractivity contribution in [2.24, 2.45) is 10.9 Å². The van der Waals surface area contributed by atoms with Gasteiger partial charge in [-0.05, 0) is 31.2 Å². The molecule has 0 aliphatic heterocycles. The first kappa shape index (κ1) is 15.6. The van der Waals surface area contributed by atoms with Crippen LogP contribution in [0, 0.1) is 0 Å². The molecule has 2 amide bonds. The molecule has 6 nitrogen and oxygen atoms in total. The topological polar surface area (TPSA) is 99.7 Å². The number of halogens is 3. The fraction of sp³-hybridized carbons (Fsp3) is 0.273. The van der Waals surface area contributed by atoms with Gasteiger partial charge in [-0.25, -0.2) is 4.79 Å². The number of anilines is 1. The van der Waals surface area contributed by atoms with Gasteiger partial charge in [-0.3, -0.25) is 0 Å². The minimum absolute atomic E-state index is 0.183. The van der Waals surface area contributed by atoms with Crippen LogP contribution in [0.5, 0.6) is 0 Å². The highest BCUT2D eigenvalue weighted by Gasteiger charge is 2.29. The molecule has 0 radical (unpaired) electrons. The lowest BCUT2D eigenvalue weighted by Gasteiger charge is -2.13. The molecule has 0 fully saturated rings. The largest absolute Gasteiger partial charge is 0.416 e. The van der Waals surface area contributed by atoms with Gasteiger partial charge in [-0.2, -0.15) is 13.2 Å². The Morgan fingerprint density at radius 2 is 1.90 bits per heavy atom. The maximum Gasteiger partial charge on any atom is 0.416 e. The van der Waals surface area contributed by atoms with Gasteiger partial charge in [0.2, 0.25) is 0 Å². The van der Waals surface area contributed by atoms with Crippen molar-refractivity contribution in [3.8, 4) is 0 Å². The van der Waals surface area contributed by atoms with E-state index in [4.69, 9.17) is 10.9 Å². The summed E-state index contributed by atoms with van der Waals surface area (Å²) in [5.41, 5.74) is 4.63. The van der Waals surface area contributed by atoms with Gasteiger partial charge in [0.05, 0.1) is 11.6 Å². The Labute approximate surface area is 112 Å². The second-order valence-corrected chi connectivity index (χ2v) is 3.92. The molecule has 1 unspecified atom stereocenters. The molecule has 0 heterocycles. The van der Waals surface area contributed by atoms with Crippen LogP contribution in [0.4, 0.5) is 23.7 Å². The SMILES string of the molecule is CC(NC(=O)Nc1ccc(C(F)(F)F)cc1)/C(N)=N/O. The van der Waals surface area contributed by atoms with E-state index >= 15 is 0 Å². The summed E-state index contributed by atoms with van der Waals surface area (Å²) in [6.07, 6.45) is -4.43. The Morgan fingerprint density at radius 3 is 2.35 bits per heavy atom. The Hall–Kier alpha value is -2.45. The summed E-state index contributed by atoms with van der Waals surface area (Å²) < 4.78 is 37.0. The first-order valence-corrected chi connectivity index (χ1v) is 5.46. The quantitative estimate of drug-likeness (QED) is 0.296. The zero-order chi connectivity index (χ0) is 15.3. The Morgan fingerprint density at radius 1 is 1.35 bits per heavy atom. The van der Waals surface area contributed by atoms with Crippen LogP contribution in [0.1, 0.15) is 12.5 Å². The zero-order valence-corrected chi connectivity index (χ0v) is 10.4. The second kappa shape index (κ2) is 6.13. The third-order valence-electron chi connectivity index (χ3n) is 2.38. The Balaban J connectivity index is 2.63. The van der Waals surface area contributed by atoms with E-state index < -0.39 is 23.8 Å². The first-order valence-electron chi connectivity index (χ1n) is 5.46. The van der Waals surface area contributed by atoms with Crippen molar-refractivity contribution in [1.29, 1.82) is 0 Å². The average Bonchev–Trinajstić information content (AvgIpc) is 2.37. The van der Waals surface area contributed by atoms with Crippen molar-refractivity contribution in [2.45, 2.75) is 19.1 Å². The highest BCUT2D eigenvalue weighted by Crippen LogP contribution is 2.29. The minimum Gasteiger partial charge on any atom is -0.409 e. The molecule has 110 valence electrons. The van der Waals surface area contributed by atoms with Crippen molar-refractivity contribution >= 4 is 17.6 Å². The molecule has 9 heteroatoms. The van der Waals surface area contributed by atoms with E-state index in [2.05, 4.69) is 15.8 Å². The van der Waals surface area contributed by atoms with E-state index in [1.807, 2.05) is 0 Å². The molecule has 0 aromatic heterocycles. The van der Waals surface area contributed by atoms with E-state index in [1.54, 1.807) is 0 Å². The van der Waals surface area contributed by atoms with Gasteiger partial charge in [0.25, 0.3) is 0 Å². The maximum atomic E-state index is 12.3. The highest BCUT2D eigenvalue weighted by atomic mass is 19.4. The van der Waals surface area contributed by atoms with E-state index in [0.29, 0.717) is 0 Å². The molecule has 0 saturated carbocycles. The number of urea groups is 1. The van der Waals surface area contributed by atoms with E-state index in [9.17, 15) is 18.0 Å². The number of rotatable bonds is 3. The van der Waals surface area contributed by atoms with Gasteiger partial charge in [0, 0.05) is 5.69 Å². The Kier molecular flexibility index (Phi) is 4.78. The summed E-state index contributed by atoms with van der Waals surface area (Å²) in [5, 5.41) is 15.8. The van der Waals surface area contributed by atoms with Crippen molar-refractivity contribution in [3.63, 3.8) is 0 Å². The van der Waals surface area contributed by atoms with Crippen molar-refractivity contribution in [2.75, 3.05) is 5.32 Å². The summed E-state index contributed by atoms with van der Waals surface area (Å²) >= 11 is 0. The van der Waals surface area contributed by atoms with Crippen LogP contribution < -0.4 is 16.4 Å². The molecular weight excluding hydrogens is 277 g/mol. The number of nitrogens with two attached hydrogens (primary N) is 1. The van der Waals surface area contributed by atoms with E-state index in [0.717, 1.165) is 24.3 Å². The zero-order valence-electron chi connectivity index (χ0n) is 10.4. The third kappa shape index (κ3) is 4.34. The van der Waals surface area contributed by atoms with Crippen molar-refractivity contribution < 1.29 is 23.2 Å². The molecular formula is C11H13F3N4O2. The van der Waals surface area contributed by atoms with Crippen molar-refractivity contribution in [3.05, 3.63) is 29.8 Å². The number of carbonyl (C=O) groups excluding carboxylic acids is 1. The number of alkyl halides is 3. The predicted octanol–water partition coefficient (Wildman–Crippen LogP) is 1.96. The van der Waals surface area contributed by atoms with Gasteiger partial charge in [0.1, 0.15) is 0 Å². The smallest absolute Gasteiger partial charge is 0.409 e. The lowest BCUT2D eigenvalue weighted by atomic mass is 10.2. The second-order valence-electron chi connectivity index (χ2n) is 3.92. The van der Waals surface area contributed by atoms with Crippen LogP contribution in [0.2, 0.25) is 0 Å². The van der Waals surface area contributed by atoms with Crippen LogP contribution in [0.15, 0.2) is 29.4 Å². The fourth-order valence-electron chi connectivity index (χ4n) is 1.27. The number of carbonyl (C=O) groups is 1. The lowest BCUT2D eigenvalue weighted by Crippen LogP contribution is -2.44. The van der Waals surface area contributed by atoms with Gasteiger partial charge in [0.15, 0.2) is 5.84 Å². The maximum absolute atomic E-state index is 12.3. The molecule has 1 aromatic rings. The van der Waals surface area contributed by atoms with Gasteiger partial charge in [-0.15, -0.1) is 0 Å². The van der Waals surface area contributed by atoms with E-state index in [1.165, 1.54) is 6.92 Å². The molecule has 0 spiro atoms.